The Labute approximate surface area is 93.3 Å². The Kier molecular flexibility index (Phi) is 2.80. The number of pyridine rings is 1. The predicted octanol–water partition coefficient (Wildman–Crippen LogP) is 1.38. The quantitative estimate of drug-likeness (QED) is 0.836. The van der Waals surface area contributed by atoms with Crippen LogP contribution < -0.4 is 0 Å². The number of nitrogens with zero attached hydrogens (tertiary/aromatic N) is 3. The van der Waals surface area contributed by atoms with Gasteiger partial charge in [-0.25, -0.2) is 4.98 Å². The normalized spacial score (nSPS) is 11.8. The number of H-pyrrole nitrogens is 1. The van der Waals surface area contributed by atoms with Gasteiger partial charge in [0.25, 0.3) is 0 Å². The van der Waals surface area contributed by atoms with Crippen LogP contribution in [0.4, 0.5) is 13.2 Å². The van der Waals surface area contributed by atoms with E-state index in [1.807, 2.05) is 0 Å². The van der Waals surface area contributed by atoms with Crippen LogP contribution in [-0.4, -0.2) is 25.3 Å². The van der Waals surface area contributed by atoms with Gasteiger partial charge in [-0.05, 0) is 12.1 Å². The Bertz CT molecular complexity index is 506. The Morgan fingerprint density at radius 3 is 2.53 bits per heavy atom. The third-order valence-electron chi connectivity index (χ3n) is 1.99. The molecule has 0 atom stereocenters. The molecule has 2 N–H and O–H groups in total. The molecule has 0 bridgehead atoms. The first kappa shape index (κ1) is 11.5. The molecule has 8 heteroatoms. The minimum Gasteiger partial charge on any atom is -0.388 e. The van der Waals surface area contributed by atoms with Crippen molar-refractivity contribution in [2.45, 2.75) is 12.8 Å². The van der Waals surface area contributed by atoms with E-state index < -0.39 is 11.9 Å². The van der Waals surface area contributed by atoms with Crippen LogP contribution in [0.25, 0.3) is 11.4 Å². The van der Waals surface area contributed by atoms with Crippen molar-refractivity contribution in [1.82, 2.24) is 20.2 Å². The first-order chi connectivity index (χ1) is 8.00. The summed E-state index contributed by atoms with van der Waals surface area (Å²) in [6, 6.07) is 2.07. The van der Waals surface area contributed by atoms with Gasteiger partial charge in [0.05, 0.1) is 0 Å². The lowest BCUT2D eigenvalue weighted by Gasteiger charge is -2.04. The van der Waals surface area contributed by atoms with Gasteiger partial charge >= 0.3 is 6.18 Å². The number of aliphatic hydroxyl groups is 1. The van der Waals surface area contributed by atoms with Crippen LogP contribution in [0, 0.1) is 0 Å². The number of nitrogens with one attached hydrogen (secondary N) is 1. The van der Waals surface area contributed by atoms with E-state index >= 15 is 0 Å². The van der Waals surface area contributed by atoms with Gasteiger partial charge in [-0.3, -0.25) is 10.1 Å². The smallest absolute Gasteiger partial charge is 0.388 e. The maximum absolute atomic E-state index is 12.2. The van der Waals surface area contributed by atoms with E-state index in [9.17, 15) is 13.2 Å². The zero-order valence-electron chi connectivity index (χ0n) is 8.36. The number of aliphatic hydroxyl groups excluding tert-OH is 1. The van der Waals surface area contributed by atoms with Crippen LogP contribution in [0.1, 0.15) is 11.5 Å². The summed E-state index contributed by atoms with van der Waals surface area (Å²) >= 11 is 0. The van der Waals surface area contributed by atoms with Crippen molar-refractivity contribution in [3.63, 3.8) is 0 Å². The Morgan fingerprint density at radius 2 is 2.06 bits per heavy atom. The maximum atomic E-state index is 12.2. The monoisotopic (exact) mass is 244 g/mol. The summed E-state index contributed by atoms with van der Waals surface area (Å²) in [4.78, 5) is 7.13. The van der Waals surface area contributed by atoms with E-state index in [2.05, 4.69) is 20.2 Å². The molecular weight excluding hydrogens is 237 g/mol. The number of alkyl halides is 3. The number of hydrogen-bond donors (Lipinski definition) is 2. The number of aromatic amines is 1. The van der Waals surface area contributed by atoms with Crippen molar-refractivity contribution in [2.75, 3.05) is 0 Å². The van der Waals surface area contributed by atoms with Crippen molar-refractivity contribution in [3.05, 3.63) is 29.8 Å². The van der Waals surface area contributed by atoms with Crippen molar-refractivity contribution in [2.24, 2.45) is 0 Å². The van der Waals surface area contributed by atoms with Crippen molar-refractivity contribution < 1.29 is 18.3 Å². The van der Waals surface area contributed by atoms with Crippen LogP contribution in [0.2, 0.25) is 0 Å². The zero-order chi connectivity index (χ0) is 12.5. The molecule has 90 valence electrons. The second-order valence-corrected chi connectivity index (χ2v) is 3.19. The lowest BCUT2D eigenvalue weighted by molar-refractivity contribution is -0.141. The minimum atomic E-state index is -4.46. The van der Waals surface area contributed by atoms with Crippen LogP contribution >= 0.6 is 0 Å². The van der Waals surface area contributed by atoms with E-state index in [0.717, 1.165) is 12.3 Å². The summed E-state index contributed by atoms with van der Waals surface area (Å²) in [6.45, 7) is -0.318. The second-order valence-electron chi connectivity index (χ2n) is 3.19. The van der Waals surface area contributed by atoms with Gasteiger partial charge in [0.2, 0.25) is 0 Å². The highest BCUT2D eigenvalue weighted by atomic mass is 19.4. The van der Waals surface area contributed by atoms with Crippen LogP contribution in [0.3, 0.4) is 0 Å². The number of halogens is 3. The summed E-state index contributed by atoms with van der Waals surface area (Å²) in [5, 5.41) is 14.9. The van der Waals surface area contributed by atoms with Crippen LogP contribution in [0.5, 0.6) is 0 Å². The maximum Gasteiger partial charge on any atom is 0.433 e. The fourth-order valence-electron chi connectivity index (χ4n) is 1.19. The predicted molar refractivity (Wildman–Crippen MR) is 50.5 cm³/mol. The number of aromatic nitrogens is 4. The summed E-state index contributed by atoms with van der Waals surface area (Å²) in [5.41, 5.74) is -0.631. The molecule has 0 spiro atoms. The van der Waals surface area contributed by atoms with Crippen molar-refractivity contribution in [1.29, 1.82) is 0 Å². The fraction of sp³-hybridized carbons (Fsp3) is 0.222. The number of rotatable bonds is 2. The average Bonchev–Trinajstić information content (AvgIpc) is 2.76. The summed E-state index contributed by atoms with van der Waals surface area (Å²) in [7, 11) is 0. The van der Waals surface area contributed by atoms with E-state index in [1.165, 1.54) is 6.07 Å². The Morgan fingerprint density at radius 1 is 1.29 bits per heavy atom. The molecule has 0 radical (unpaired) electrons. The van der Waals surface area contributed by atoms with Gasteiger partial charge in [-0.15, -0.1) is 0 Å². The standard InChI is InChI=1S/C9H7F3N4O/c10-9(11,12)6-2-1-5(3-13-6)8-14-7(4-17)15-16-8/h1-3,17H,4H2,(H,14,15,16). The molecule has 2 rings (SSSR count). The zero-order valence-corrected chi connectivity index (χ0v) is 8.36. The third kappa shape index (κ3) is 2.41. The Hall–Kier alpha value is -1.96. The van der Waals surface area contributed by atoms with E-state index in [0.29, 0.717) is 5.56 Å². The highest BCUT2D eigenvalue weighted by Crippen LogP contribution is 2.28. The summed E-state index contributed by atoms with van der Waals surface area (Å²) in [5.74, 6) is 0.426. The minimum absolute atomic E-state index is 0.190. The molecule has 2 aromatic heterocycles. The summed E-state index contributed by atoms with van der Waals surface area (Å²) < 4.78 is 36.7. The van der Waals surface area contributed by atoms with Gasteiger partial charge in [0.1, 0.15) is 12.3 Å². The SMILES string of the molecule is OCc1nc(-c2ccc(C(F)(F)F)nc2)n[nH]1. The van der Waals surface area contributed by atoms with E-state index in [1.54, 1.807) is 0 Å². The topological polar surface area (TPSA) is 74.7 Å². The van der Waals surface area contributed by atoms with Gasteiger partial charge in [0, 0.05) is 11.8 Å². The van der Waals surface area contributed by atoms with Crippen molar-refractivity contribution >= 4 is 0 Å². The molecule has 0 aromatic carbocycles. The second kappa shape index (κ2) is 4.13. The molecule has 17 heavy (non-hydrogen) atoms. The molecule has 0 aliphatic heterocycles. The van der Waals surface area contributed by atoms with Crippen LogP contribution in [0.15, 0.2) is 18.3 Å². The van der Waals surface area contributed by atoms with Gasteiger partial charge < -0.3 is 5.11 Å². The van der Waals surface area contributed by atoms with E-state index in [-0.39, 0.29) is 18.3 Å². The molecule has 0 saturated carbocycles. The fourth-order valence-corrected chi connectivity index (χ4v) is 1.19. The summed E-state index contributed by atoms with van der Waals surface area (Å²) in [6.07, 6.45) is -3.43. The Balaban J connectivity index is 2.29. The third-order valence-corrected chi connectivity index (χ3v) is 1.99. The molecule has 0 aliphatic carbocycles. The molecule has 0 saturated heterocycles. The average molecular weight is 244 g/mol. The molecule has 0 amide bonds. The highest BCUT2D eigenvalue weighted by Gasteiger charge is 2.32. The lowest BCUT2D eigenvalue weighted by atomic mass is 10.2. The molecular formula is C9H7F3N4O. The van der Waals surface area contributed by atoms with Gasteiger partial charge in [-0.1, -0.05) is 0 Å². The van der Waals surface area contributed by atoms with Gasteiger partial charge in [0.15, 0.2) is 11.6 Å². The molecule has 2 aromatic rings. The van der Waals surface area contributed by atoms with Gasteiger partial charge in [-0.2, -0.15) is 18.3 Å². The highest BCUT2D eigenvalue weighted by molar-refractivity contribution is 5.52. The molecule has 0 unspecified atom stereocenters. The molecule has 2 heterocycles. The molecule has 5 nitrogen and oxygen atoms in total. The largest absolute Gasteiger partial charge is 0.433 e. The van der Waals surface area contributed by atoms with Crippen molar-refractivity contribution in [3.8, 4) is 11.4 Å². The first-order valence-electron chi connectivity index (χ1n) is 4.56. The number of hydrogen-bond acceptors (Lipinski definition) is 4. The molecule has 0 fully saturated rings. The lowest BCUT2D eigenvalue weighted by Crippen LogP contribution is -2.07. The first-order valence-corrected chi connectivity index (χ1v) is 4.56. The van der Waals surface area contributed by atoms with Crippen LogP contribution in [-0.2, 0) is 12.8 Å². The van der Waals surface area contributed by atoms with E-state index in [4.69, 9.17) is 5.11 Å². The molecule has 0 aliphatic rings.